The first-order valence-electron chi connectivity index (χ1n) is 12.3. The molecule has 1 aliphatic rings. The van der Waals surface area contributed by atoms with Crippen molar-refractivity contribution in [1.82, 2.24) is 14.6 Å². The monoisotopic (exact) mass is 536 g/mol. The van der Waals surface area contributed by atoms with Gasteiger partial charge in [-0.15, -0.1) is 0 Å². The summed E-state index contributed by atoms with van der Waals surface area (Å²) in [5.41, 5.74) is 13.7. The molecule has 0 aliphatic carbocycles. The Morgan fingerprint density at radius 1 is 1.13 bits per heavy atom. The van der Waals surface area contributed by atoms with Crippen LogP contribution in [-0.4, -0.2) is 60.3 Å². The van der Waals surface area contributed by atoms with Gasteiger partial charge in [0.25, 0.3) is 11.8 Å². The number of amides is 3. The van der Waals surface area contributed by atoms with Crippen LogP contribution >= 0.6 is 11.5 Å². The maximum atomic E-state index is 14.0. The standard InChI is InChI=1S/C27H32N6O4S/c1-32(2)19-12-10-18(11-13-19)23(26(35)30-15-20-9-6-14-37-20)33(16-17-7-4-3-5-8-17)27(36)24-21(28)22(25(29)34)31-38-24/h3-5,7-8,10-13,20,23H,6,9,14-16,28H2,1-2H3,(H2,29,34)(H,30,35)/t20-,23+/m1/s1. The van der Waals surface area contributed by atoms with Gasteiger partial charge in [-0.3, -0.25) is 14.4 Å². The van der Waals surface area contributed by atoms with Crippen LogP contribution in [-0.2, 0) is 16.1 Å². The number of carbonyl (C=O) groups is 3. The lowest BCUT2D eigenvalue weighted by Gasteiger charge is -2.32. The first-order chi connectivity index (χ1) is 18.3. The molecule has 10 nitrogen and oxygen atoms in total. The number of carbonyl (C=O) groups excluding carboxylic acids is 3. The molecule has 38 heavy (non-hydrogen) atoms. The summed E-state index contributed by atoms with van der Waals surface area (Å²) in [6.45, 7) is 1.13. The number of benzene rings is 2. The molecule has 3 amide bonds. The fourth-order valence-corrected chi connectivity index (χ4v) is 5.13. The molecule has 0 radical (unpaired) electrons. The second kappa shape index (κ2) is 12.1. The average Bonchev–Trinajstić information content (AvgIpc) is 3.57. The fourth-order valence-electron chi connectivity index (χ4n) is 4.36. The smallest absolute Gasteiger partial charge is 0.270 e. The zero-order chi connectivity index (χ0) is 27.2. The van der Waals surface area contributed by atoms with E-state index in [4.69, 9.17) is 16.2 Å². The quantitative estimate of drug-likeness (QED) is 0.361. The van der Waals surface area contributed by atoms with E-state index in [0.717, 1.165) is 35.6 Å². The van der Waals surface area contributed by atoms with Gasteiger partial charge < -0.3 is 31.3 Å². The molecule has 0 unspecified atom stereocenters. The van der Waals surface area contributed by atoms with Crippen LogP contribution in [0.25, 0.3) is 0 Å². The molecule has 0 bridgehead atoms. The molecule has 1 saturated heterocycles. The van der Waals surface area contributed by atoms with Crippen molar-refractivity contribution in [2.75, 3.05) is 37.9 Å². The SMILES string of the molecule is CN(C)c1ccc([C@@H](C(=O)NC[C@H]2CCCO2)N(Cc2ccccc2)C(=O)c2snc(C(N)=O)c2N)cc1. The molecule has 4 rings (SSSR count). The summed E-state index contributed by atoms with van der Waals surface area (Å²) in [7, 11) is 3.85. The predicted molar refractivity (Wildman–Crippen MR) is 147 cm³/mol. The van der Waals surface area contributed by atoms with Crippen LogP contribution in [0.4, 0.5) is 11.4 Å². The Bertz CT molecular complexity index is 1270. The highest BCUT2D eigenvalue weighted by Crippen LogP contribution is 2.31. The largest absolute Gasteiger partial charge is 0.395 e. The van der Waals surface area contributed by atoms with Crippen molar-refractivity contribution in [3.63, 3.8) is 0 Å². The molecule has 0 spiro atoms. The molecule has 2 aromatic carbocycles. The second-order valence-corrected chi connectivity index (χ2v) is 10.1. The van der Waals surface area contributed by atoms with E-state index in [2.05, 4.69) is 9.69 Å². The number of ether oxygens (including phenoxy) is 1. The van der Waals surface area contributed by atoms with Crippen molar-refractivity contribution in [3.05, 3.63) is 76.3 Å². The van der Waals surface area contributed by atoms with E-state index in [1.54, 1.807) is 0 Å². The molecular weight excluding hydrogens is 504 g/mol. The van der Waals surface area contributed by atoms with Gasteiger partial charge in [0.1, 0.15) is 10.9 Å². The number of nitrogens with zero attached hydrogens (tertiary/aromatic N) is 3. The maximum absolute atomic E-state index is 14.0. The van der Waals surface area contributed by atoms with Crippen molar-refractivity contribution in [2.45, 2.75) is 31.5 Å². The summed E-state index contributed by atoms with van der Waals surface area (Å²) < 4.78 is 9.67. The molecule has 0 saturated carbocycles. The highest BCUT2D eigenvalue weighted by Gasteiger charge is 2.35. The third kappa shape index (κ3) is 6.12. The van der Waals surface area contributed by atoms with Gasteiger partial charge in [0.2, 0.25) is 5.91 Å². The number of primary amides is 1. The minimum Gasteiger partial charge on any atom is -0.395 e. The summed E-state index contributed by atoms with van der Waals surface area (Å²) >= 11 is 0.791. The third-order valence-corrected chi connectivity index (χ3v) is 7.28. The summed E-state index contributed by atoms with van der Waals surface area (Å²) in [5, 5.41) is 2.99. The van der Waals surface area contributed by atoms with Gasteiger partial charge in [0, 0.05) is 39.5 Å². The van der Waals surface area contributed by atoms with Crippen LogP contribution < -0.4 is 21.7 Å². The molecule has 1 fully saturated rings. The summed E-state index contributed by atoms with van der Waals surface area (Å²) in [5.74, 6) is -1.69. The van der Waals surface area contributed by atoms with Crippen molar-refractivity contribution in [1.29, 1.82) is 0 Å². The third-order valence-electron chi connectivity index (χ3n) is 6.43. The Morgan fingerprint density at radius 3 is 2.42 bits per heavy atom. The summed E-state index contributed by atoms with van der Waals surface area (Å²) in [6, 6.07) is 15.8. The first-order valence-corrected chi connectivity index (χ1v) is 13.1. The normalized spacial score (nSPS) is 15.6. The number of hydrogen-bond donors (Lipinski definition) is 3. The van der Waals surface area contributed by atoms with Crippen LogP contribution in [0.3, 0.4) is 0 Å². The Balaban J connectivity index is 1.75. The van der Waals surface area contributed by atoms with Gasteiger partial charge in [-0.1, -0.05) is 42.5 Å². The zero-order valence-electron chi connectivity index (χ0n) is 21.4. The van der Waals surface area contributed by atoms with Gasteiger partial charge >= 0.3 is 0 Å². The minimum atomic E-state index is -0.987. The molecular formula is C27H32N6O4S. The number of nitrogens with two attached hydrogens (primary N) is 2. The molecule has 1 aromatic heterocycles. The van der Waals surface area contributed by atoms with Crippen molar-refractivity contribution < 1.29 is 19.1 Å². The molecule has 1 aliphatic heterocycles. The minimum absolute atomic E-state index is 0.0524. The van der Waals surface area contributed by atoms with Gasteiger partial charge in [-0.25, -0.2) is 0 Å². The zero-order valence-corrected chi connectivity index (χ0v) is 22.2. The van der Waals surface area contributed by atoms with Crippen LogP contribution in [0.15, 0.2) is 54.6 Å². The van der Waals surface area contributed by atoms with Gasteiger partial charge in [-0.2, -0.15) is 4.37 Å². The molecule has 200 valence electrons. The van der Waals surface area contributed by atoms with Crippen molar-refractivity contribution >= 4 is 40.6 Å². The second-order valence-electron chi connectivity index (χ2n) is 9.33. The Kier molecular flexibility index (Phi) is 8.59. The molecule has 3 aromatic rings. The number of anilines is 2. The summed E-state index contributed by atoms with van der Waals surface area (Å²) in [4.78, 5) is 43.0. The predicted octanol–water partition coefficient (Wildman–Crippen LogP) is 2.57. The summed E-state index contributed by atoms with van der Waals surface area (Å²) in [6.07, 6.45) is 1.74. The van der Waals surface area contributed by atoms with Crippen LogP contribution in [0.2, 0.25) is 0 Å². The highest BCUT2D eigenvalue weighted by atomic mass is 32.1. The van der Waals surface area contributed by atoms with E-state index in [1.165, 1.54) is 4.90 Å². The van der Waals surface area contributed by atoms with Gasteiger partial charge in [0.05, 0.1) is 11.8 Å². The van der Waals surface area contributed by atoms with E-state index in [0.29, 0.717) is 18.7 Å². The van der Waals surface area contributed by atoms with Gasteiger partial charge in [0.15, 0.2) is 5.69 Å². The topological polar surface area (TPSA) is 144 Å². The van der Waals surface area contributed by atoms with Crippen LogP contribution in [0.5, 0.6) is 0 Å². The number of rotatable bonds is 10. The van der Waals surface area contributed by atoms with Crippen molar-refractivity contribution in [2.24, 2.45) is 5.73 Å². The van der Waals surface area contributed by atoms with E-state index < -0.39 is 17.9 Å². The van der Waals surface area contributed by atoms with Crippen molar-refractivity contribution in [3.8, 4) is 0 Å². The Hall–Kier alpha value is -3.96. The number of nitrogens with one attached hydrogen (secondary N) is 1. The lowest BCUT2D eigenvalue weighted by Crippen LogP contribution is -2.45. The van der Waals surface area contributed by atoms with Crippen LogP contribution in [0, 0.1) is 0 Å². The number of hydrogen-bond acceptors (Lipinski definition) is 8. The Labute approximate surface area is 225 Å². The van der Waals surface area contributed by atoms with E-state index in [-0.39, 0.29) is 34.8 Å². The average molecular weight is 537 g/mol. The van der Waals surface area contributed by atoms with Crippen LogP contribution in [0.1, 0.15) is 50.2 Å². The lowest BCUT2D eigenvalue weighted by molar-refractivity contribution is -0.126. The number of aromatic nitrogens is 1. The van der Waals surface area contributed by atoms with E-state index >= 15 is 0 Å². The first kappa shape index (κ1) is 27.1. The lowest BCUT2D eigenvalue weighted by atomic mass is 10.0. The molecule has 11 heteroatoms. The fraction of sp³-hybridized carbons (Fsp3) is 0.333. The molecule has 2 heterocycles. The van der Waals surface area contributed by atoms with E-state index in [1.807, 2.05) is 73.6 Å². The number of nitrogen functional groups attached to an aromatic ring is 1. The molecule has 5 N–H and O–H groups in total. The maximum Gasteiger partial charge on any atom is 0.270 e. The van der Waals surface area contributed by atoms with Gasteiger partial charge in [-0.05, 0) is 47.6 Å². The van der Waals surface area contributed by atoms with E-state index in [9.17, 15) is 14.4 Å². The highest BCUT2D eigenvalue weighted by molar-refractivity contribution is 7.09. The Morgan fingerprint density at radius 2 is 1.84 bits per heavy atom. The molecule has 2 atom stereocenters.